The van der Waals surface area contributed by atoms with E-state index in [0.717, 1.165) is 48.4 Å². The van der Waals surface area contributed by atoms with Gasteiger partial charge in [0.25, 0.3) is 0 Å². The number of carbonyl (C=O) groups is 1. The second-order valence-corrected chi connectivity index (χ2v) is 8.60. The third kappa shape index (κ3) is 4.75. The van der Waals surface area contributed by atoms with Gasteiger partial charge in [-0.1, -0.05) is 43.0 Å². The summed E-state index contributed by atoms with van der Waals surface area (Å²) >= 11 is 1.35. The van der Waals surface area contributed by atoms with Gasteiger partial charge in [0, 0.05) is 17.7 Å². The summed E-state index contributed by atoms with van der Waals surface area (Å²) in [6, 6.07) is 14.0. The van der Waals surface area contributed by atoms with Crippen LogP contribution in [0.3, 0.4) is 0 Å². The van der Waals surface area contributed by atoms with Crippen LogP contribution in [0.1, 0.15) is 36.9 Å². The Hall–Kier alpha value is -3.00. The highest BCUT2D eigenvalue weighted by Gasteiger charge is 2.32. The highest BCUT2D eigenvalue weighted by atomic mass is 32.2. The van der Waals surface area contributed by atoms with Gasteiger partial charge in [-0.15, -0.1) is 5.10 Å². The molecule has 0 unspecified atom stereocenters. The zero-order chi connectivity index (χ0) is 22.5. The van der Waals surface area contributed by atoms with Crippen molar-refractivity contribution in [3.05, 3.63) is 53.6 Å². The number of aromatic nitrogens is 3. The highest BCUT2D eigenvalue weighted by molar-refractivity contribution is 7.99. The van der Waals surface area contributed by atoms with Crippen molar-refractivity contribution in [2.45, 2.75) is 37.4 Å². The molecular weight excluding hydrogens is 424 g/mol. The number of likely N-dealkylation sites (tertiary alicyclic amines) is 1. The van der Waals surface area contributed by atoms with Gasteiger partial charge >= 0.3 is 0 Å². The molecule has 1 aliphatic rings. The maximum Gasteiger partial charge on any atom is 0.233 e. The number of amides is 1. The zero-order valence-corrected chi connectivity index (χ0v) is 19.4. The minimum atomic E-state index is -0.0204. The number of benzene rings is 2. The van der Waals surface area contributed by atoms with Gasteiger partial charge in [0.15, 0.2) is 5.82 Å². The highest BCUT2D eigenvalue weighted by Crippen LogP contribution is 2.39. The molecule has 1 atom stereocenters. The Morgan fingerprint density at radius 1 is 1.19 bits per heavy atom. The average Bonchev–Trinajstić information content (AvgIpc) is 3.52. The number of hydrogen-bond donors (Lipinski definition) is 1. The molecule has 2 heterocycles. The number of carbonyl (C=O) groups excluding carboxylic acids is 1. The summed E-state index contributed by atoms with van der Waals surface area (Å²) in [6.45, 7) is 2.86. The van der Waals surface area contributed by atoms with Crippen molar-refractivity contribution in [1.29, 1.82) is 0 Å². The van der Waals surface area contributed by atoms with Crippen molar-refractivity contribution in [1.82, 2.24) is 20.1 Å². The lowest BCUT2D eigenvalue weighted by molar-refractivity contribution is -0.129. The van der Waals surface area contributed by atoms with Gasteiger partial charge in [0.2, 0.25) is 11.1 Å². The van der Waals surface area contributed by atoms with E-state index in [4.69, 9.17) is 9.47 Å². The molecule has 0 bridgehead atoms. The van der Waals surface area contributed by atoms with Crippen LogP contribution in [0.4, 0.5) is 0 Å². The second-order valence-electron chi connectivity index (χ2n) is 7.66. The van der Waals surface area contributed by atoms with Crippen molar-refractivity contribution in [2.24, 2.45) is 0 Å². The van der Waals surface area contributed by atoms with E-state index in [1.165, 1.54) is 17.3 Å². The van der Waals surface area contributed by atoms with Gasteiger partial charge in [-0.3, -0.25) is 9.89 Å². The van der Waals surface area contributed by atoms with E-state index in [0.29, 0.717) is 11.0 Å². The quantitative estimate of drug-likeness (QED) is 0.507. The first-order valence-electron chi connectivity index (χ1n) is 10.8. The number of methoxy groups -OCH3 is 2. The molecule has 1 saturated heterocycles. The number of H-pyrrole nitrogens is 1. The first kappa shape index (κ1) is 22.2. The van der Waals surface area contributed by atoms with E-state index in [2.05, 4.69) is 34.2 Å². The van der Waals surface area contributed by atoms with Crippen molar-refractivity contribution >= 4 is 17.7 Å². The molecule has 1 aliphatic heterocycles. The first-order valence-corrected chi connectivity index (χ1v) is 11.8. The molecule has 0 radical (unpaired) electrons. The number of rotatable bonds is 8. The van der Waals surface area contributed by atoms with E-state index >= 15 is 0 Å². The topological polar surface area (TPSA) is 80.3 Å². The Balaban J connectivity index is 1.42. The molecule has 0 aliphatic carbocycles. The summed E-state index contributed by atoms with van der Waals surface area (Å²) in [7, 11) is 3.29. The molecule has 1 N–H and O–H groups in total. The van der Waals surface area contributed by atoms with E-state index in [1.54, 1.807) is 14.2 Å². The molecular formula is C24H28N4O3S. The number of aromatic amines is 1. The molecule has 1 aromatic heterocycles. The zero-order valence-electron chi connectivity index (χ0n) is 18.6. The lowest BCUT2D eigenvalue weighted by atomic mass is 10.0. The molecule has 0 saturated carbocycles. The lowest BCUT2D eigenvalue weighted by Gasteiger charge is -2.26. The van der Waals surface area contributed by atoms with E-state index in [-0.39, 0.29) is 17.7 Å². The fraction of sp³-hybridized carbons (Fsp3) is 0.375. The van der Waals surface area contributed by atoms with Gasteiger partial charge in [-0.2, -0.15) is 0 Å². The SMILES string of the molecule is CCc1ccc(-c2nc(SCC(=O)N3CCC[C@H]3c3cc(OC)ccc3OC)n[nH]2)cc1. The second kappa shape index (κ2) is 10.1. The van der Waals surface area contributed by atoms with Gasteiger partial charge in [-0.05, 0) is 43.0 Å². The van der Waals surface area contributed by atoms with E-state index in [9.17, 15) is 4.79 Å². The number of hydrogen-bond acceptors (Lipinski definition) is 6. The Kier molecular flexibility index (Phi) is 6.99. The standard InChI is InChI=1S/C24H28N4O3S/c1-4-16-7-9-17(10-8-16)23-25-24(27-26-23)32-15-22(29)28-13-5-6-20(28)19-14-18(30-2)11-12-21(19)31-3/h7-12,14,20H,4-6,13,15H2,1-3H3,(H,25,26,27)/t20-/m0/s1. The number of ether oxygens (including phenoxy) is 2. The molecule has 8 heteroatoms. The van der Waals surface area contributed by atoms with Gasteiger partial charge in [0.1, 0.15) is 11.5 Å². The smallest absolute Gasteiger partial charge is 0.233 e. The van der Waals surface area contributed by atoms with Crippen LogP contribution in [-0.4, -0.2) is 52.5 Å². The largest absolute Gasteiger partial charge is 0.497 e. The third-order valence-corrected chi connectivity index (χ3v) is 6.63. The Morgan fingerprint density at radius 2 is 2.00 bits per heavy atom. The van der Waals surface area contributed by atoms with Crippen LogP contribution in [0.2, 0.25) is 0 Å². The van der Waals surface area contributed by atoms with Crippen LogP contribution >= 0.6 is 11.8 Å². The molecule has 0 spiro atoms. The maximum atomic E-state index is 13.1. The molecule has 32 heavy (non-hydrogen) atoms. The normalized spacial score (nSPS) is 15.7. The molecule has 168 valence electrons. The molecule has 1 fully saturated rings. The van der Waals surface area contributed by atoms with Crippen LogP contribution in [0, 0.1) is 0 Å². The minimum absolute atomic E-state index is 0.0204. The number of nitrogens with one attached hydrogen (secondary N) is 1. The number of thioether (sulfide) groups is 1. The van der Waals surface area contributed by atoms with E-state index in [1.807, 2.05) is 35.2 Å². The third-order valence-electron chi connectivity index (χ3n) is 5.79. The fourth-order valence-electron chi connectivity index (χ4n) is 4.04. The van der Waals surface area contributed by atoms with E-state index < -0.39 is 0 Å². The fourth-order valence-corrected chi connectivity index (χ4v) is 4.72. The summed E-state index contributed by atoms with van der Waals surface area (Å²) in [5, 5.41) is 7.83. The molecule has 7 nitrogen and oxygen atoms in total. The summed E-state index contributed by atoms with van der Waals surface area (Å²) in [4.78, 5) is 19.6. The van der Waals surface area contributed by atoms with Crippen LogP contribution in [0.5, 0.6) is 11.5 Å². The van der Waals surface area contributed by atoms with Crippen LogP contribution < -0.4 is 9.47 Å². The van der Waals surface area contributed by atoms with Crippen molar-refractivity contribution < 1.29 is 14.3 Å². The van der Waals surface area contributed by atoms with Gasteiger partial charge in [-0.25, -0.2) is 4.98 Å². The number of nitrogens with zero attached hydrogens (tertiary/aromatic N) is 3. The molecule has 4 rings (SSSR count). The summed E-state index contributed by atoms with van der Waals surface area (Å²) < 4.78 is 10.9. The summed E-state index contributed by atoms with van der Waals surface area (Å²) in [6.07, 6.45) is 2.86. The first-order chi connectivity index (χ1) is 15.6. The average molecular weight is 453 g/mol. The summed E-state index contributed by atoms with van der Waals surface area (Å²) in [5.41, 5.74) is 3.25. The van der Waals surface area contributed by atoms with Crippen molar-refractivity contribution in [3.8, 4) is 22.9 Å². The summed E-state index contributed by atoms with van der Waals surface area (Å²) in [5.74, 6) is 2.60. The Morgan fingerprint density at radius 3 is 2.72 bits per heavy atom. The minimum Gasteiger partial charge on any atom is -0.497 e. The maximum absolute atomic E-state index is 13.1. The molecule has 3 aromatic rings. The van der Waals surface area contributed by atoms with Gasteiger partial charge < -0.3 is 14.4 Å². The van der Waals surface area contributed by atoms with Crippen LogP contribution in [0.25, 0.3) is 11.4 Å². The van der Waals surface area contributed by atoms with Crippen LogP contribution in [-0.2, 0) is 11.2 Å². The number of aryl methyl sites for hydroxylation is 1. The van der Waals surface area contributed by atoms with Gasteiger partial charge in [0.05, 0.1) is 26.0 Å². The Bertz CT molecular complexity index is 1070. The molecule has 2 aromatic carbocycles. The Labute approximate surface area is 192 Å². The predicted octanol–water partition coefficient (Wildman–Crippen LogP) is 4.51. The lowest BCUT2D eigenvalue weighted by Crippen LogP contribution is -2.32. The van der Waals surface area contributed by atoms with Crippen molar-refractivity contribution in [2.75, 3.05) is 26.5 Å². The van der Waals surface area contributed by atoms with Crippen molar-refractivity contribution in [3.63, 3.8) is 0 Å². The molecule has 1 amide bonds. The predicted molar refractivity (Wildman–Crippen MR) is 125 cm³/mol. The monoisotopic (exact) mass is 452 g/mol. The van der Waals surface area contributed by atoms with Crippen LogP contribution in [0.15, 0.2) is 47.6 Å².